The molecule has 0 unspecified atom stereocenters. The minimum Gasteiger partial charge on any atom is -0.396 e. The van der Waals surface area contributed by atoms with Gasteiger partial charge in [0, 0.05) is 35.9 Å². The first kappa shape index (κ1) is 20.9. The molecule has 0 fully saturated rings. The molecule has 2 atom stereocenters. The van der Waals surface area contributed by atoms with Crippen LogP contribution in [-0.4, -0.2) is 42.3 Å². The van der Waals surface area contributed by atoms with Crippen LogP contribution in [0.3, 0.4) is 0 Å². The lowest BCUT2D eigenvalue weighted by molar-refractivity contribution is 0.273. The third-order valence-electron chi connectivity index (χ3n) is 6.91. The van der Waals surface area contributed by atoms with Gasteiger partial charge in [0.25, 0.3) is 0 Å². The maximum atomic E-state index is 13.9. The van der Waals surface area contributed by atoms with E-state index in [1.165, 1.54) is 28.3 Å². The van der Waals surface area contributed by atoms with Crippen molar-refractivity contribution < 1.29 is 9.50 Å². The van der Waals surface area contributed by atoms with Crippen molar-refractivity contribution in [3.05, 3.63) is 77.0 Å². The van der Waals surface area contributed by atoms with Crippen LogP contribution in [0.15, 0.2) is 54.5 Å². The number of fused-ring (bicyclic) bond motifs is 3. The molecule has 0 spiro atoms. The minimum absolute atomic E-state index is 0.0239. The average molecular weight is 457 g/mol. The molecule has 3 aromatic heterocycles. The van der Waals surface area contributed by atoms with E-state index in [-0.39, 0.29) is 18.6 Å². The van der Waals surface area contributed by atoms with Crippen molar-refractivity contribution in [2.45, 2.75) is 44.6 Å². The zero-order valence-electron chi connectivity index (χ0n) is 18.9. The summed E-state index contributed by atoms with van der Waals surface area (Å²) in [5, 5.41) is 17.9. The number of hydrogen-bond acceptors (Lipinski definition) is 6. The van der Waals surface area contributed by atoms with Crippen LogP contribution in [0, 0.1) is 5.82 Å². The van der Waals surface area contributed by atoms with E-state index in [1.54, 1.807) is 16.9 Å². The lowest BCUT2D eigenvalue weighted by Crippen LogP contribution is -2.25. The molecule has 7 nitrogen and oxygen atoms in total. The summed E-state index contributed by atoms with van der Waals surface area (Å²) in [6, 6.07) is 10.2. The summed E-state index contributed by atoms with van der Waals surface area (Å²) in [7, 11) is 0. The molecule has 6 rings (SSSR count). The first-order valence-electron chi connectivity index (χ1n) is 11.6. The molecule has 2 aliphatic rings. The molecular weight excluding hydrogens is 431 g/mol. The van der Waals surface area contributed by atoms with Crippen LogP contribution in [0.1, 0.15) is 48.8 Å². The molecule has 0 saturated heterocycles. The summed E-state index contributed by atoms with van der Waals surface area (Å²) in [5.41, 5.74) is 7.66. The molecule has 0 aliphatic heterocycles. The van der Waals surface area contributed by atoms with Gasteiger partial charge in [-0.15, -0.1) is 0 Å². The third-order valence-corrected chi connectivity index (χ3v) is 6.91. The largest absolute Gasteiger partial charge is 0.396 e. The second-order valence-electron chi connectivity index (χ2n) is 9.18. The fourth-order valence-electron chi connectivity index (χ4n) is 5.09. The van der Waals surface area contributed by atoms with Crippen molar-refractivity contribution in [3.63, 3.8) is 0 Å². The van der Waals surface area contributed by atoms with Gasteiger partial charge in [-0.05, 0) is 48.4 Å². The van der Waals surface area contributed by atoms with E-state index in [1.807, 2.05) is 6.92 Å². The number of aromatic nitrogens is 5. The smallest absolute Gasteiger partial charge is 0.228 e. The highest BCUT2D eigenvalue weighted by atomic mass is 19.1. The molecule has 172 valence electrons. The van der Waals surface area contributed by atoms with Crippen molar-refractivity contribution in [2.24, 2.45) is 0 Å². The van der Waals surface area contributed by atoms with Gasteiger partial charge in [-0.3, -0.25) is 4.98 Å². The van der Waals surface area contributed by atoms with E-state index in [2.05, 4.69) is 44.6 Å². The molecule has 0 bridgehead atoms. The highest BCUT2D eigenvalue weighted by Crippen LogP contribution is 2.42. The summed E-state index contributed by atoms with van der Waals surface area (Å²) in [6.45, 7) is 1.90. The van der Waals surface area contributed by atoms with E-state index >= 15 is 0 Å². The van der Waals surface area contributed by atoms with Gasteiger partial charge in [0.15, 0.2) is 11.5 Å². The Morgan fingerprint density at radius 1 is 1.21 bits per heavy atom. The Bertz CT molecular complexity index is 1430. The van der Waals surface area contributed by atoms with Crippen molar-refractivity contribution in [1.29, 1.82) is 0 Å². The summed E-state index contributed by atoms with van der Waals surface area (Å²) in [6.07, 6.45) is 8.44. The third kappa shape index (κ3) is 3.54. The number of halogens is 1. The standard InChI is InChI=1S/C26H25FN6O/c1-15(14-34)23-13-29-33-25(23)31-24(18-9-19(27)12-28-11-18)32-26(33)30-20-7-6-17-8-16-4-2-3-5-21(16)22(17)10-20/h2-5,9,11-13,15,20,34H,6-8,10,14H2,1H3,(H,30,31,32)/t15-,20+/m0/s1. The van der Waals surface area contributed by atoms with Crippen LogP contribution >= 0.6 is 0 Å². The molecule has 34 heavy (non-hydrogen) atoms. The predicted molar refractivity (Wildman–Crippen MR) is 128 cm³/mol. The van der Waals surface area contributed by atoms with Crippen molar-refractivity contribution in [3.8, 4) is 11.4 Å². The van der Waals surface area contributed by atoms with Crippen molar-refractivity contribution >= 4 is 17.2 Å². The van der Waals surface area contributed by atoms with Gasteiger partial charge in [-0.25, -0.2) is 9.37 Å². The molecule has 2 aliphatic carbocycles. The number of anilines is 1. The van der Waals surface area contributed by atoms with Crippen LogP contribution in [0.4, 0.5) is 10.3 Å². The highest BCUT2D eigenvalue weighted by Gasteiger charge is 2.29. The zero-order valence-corrected chi connectivity index (χ0v) is 18.9. The van der Waals surface area contributed by atoms with Gasteiger partial charge in [0.1, 0.15) is 5.82 Å². The second-order valence-corrected chi connectivity index (χ2v) is 9.18. The Kier molecular flexibility index (Phi) is 5.10. The van der Waals surface area contributed by atoms with Gasteiger partial charge in [0.2, 0.25) is 5.95 Å². The summed E-state index contributed by atoms with van der Waals surface area (Å²) < 4.78 is 15.6. The molecule has 1 aromatic carbocycles. The fraction of sp³-hybridized carbons (Fsp3) is 0.308. The first-order chi connectivity index (χ1) is 16.6. The number of nitrogens with one attached hydrogen (secondary N) is 1. The van der Waals surface area contributed by atoms with Gasteiger partial charge in [0.05, 0.1) is 12.4 Å². The van der Waals surface area contributed by atoms with Gasteiger partial charge < -0.3 is 10.4 Å². The summed E-state index contributed by atoms with van der Waals surface area (Å²) in [5.74, 6) is 0.340. The lowest BCUT2D eigenvalue weighted by Gasteiger charge is -2.26. The normalized spacial score (nSPS) is 18.1. The van der Waals surface area contributed by atoms with Crippen molar-refractivity contribution in [2.75, 3.05) is 11.9 Å². The van der Waals surface area contributed by atoms with Gasteiger partial charge >= 0.3 is 0 Å². The Hall–Kier alpha value is -3.65. The lowest BCUT2D eigenvalue weighted by atomic mass is 9.88. The van der Waals surface area contributed by atoms with Gasteiger partial charge in [-0.1, -0.05) is 36.8 Å². The molecule has 8 heteroatoms. The Morgan fingerprint density at radius 3 is 2.94 bits per heavy atom. The topological polar surface area (TPSA) is 88.2 Å². The second kappa shape index (κ2) is 8.29. The maximum absolute atomic E-state index is 13.9. The van der Waals surface area contributed by atoms with E-state index < -0.39 is 5.82 Å². The van der Waals surface area contributed by atoms with Crippen LogP contribution in [0.2, 0.25) is 0 Å². The van der Waals surface area contributed by atoms with Crippen LogP contribution in [0.25, 0.3) is 22.6 Å². The monoisotopic (exact) mass is 456 g/mol. The van der Waals surface area contributed by atoms with Crippen molar-refractivity contribution in [1.82, 2.24) is 24.6 Å². The number of hydrogen-bond donors (Lipinski definition) is 2. The molecule has 0 radical (unpaired) electrons. The maximum Gasteiger partial charge on any atom is 0.228 e. The van der Waals surface area contributed by atoms with Crippen LogP contribution in [-0.2, 0) is 6.42 Å². The molecule has 4 aromatic rings. The summed E-state index contributed by atoms with van der Waals surface area (Å²) in [4.78, 5) is 13.4. The first-order valence-corrected chi connectivity index (χ1v) is 11.6. The van der Waals surface area contributed by atoms with E-state index in [9.17, 15) is 9.50 Å². The number of aliphatic hydroxyl groups excluding tert-OH is 1. The molecule has 2 N–H and O–H groups in total. The SMILES string of the molecule is C[C@@H](CO)c1cnn2c(N[C@@H]3CCC4=C(C3)c3ccccc3C4)nc(-c3cncc(F)c3)nc12. The number of allylic oxidation sites excluding steroid dienone is 1. The average Bonchev–Trinajstić information content (AvgIpc) is 3.45. The fourth-order valence-corrected chi connectivity index (χ4v) is 5.09. The Morgan fingerprint density at radius 2 is 2.09 bits per heavy atom. The van der Waals surface area contributed by atoms with Crippen LogP contribution < -0.4 is 5.32 Å². The quantitative estimate of drug-likeness (QED) is 0.463. The van der Waals surface area contributed by atoms with E-state index in [4.69, 9.17) is 4.98 Å². The molecule has 0 saturated carbocycles. The molecule has 0 amide bonds. The van der Waals surface area contributed by atoms with Gasteiger partial charge in [-0.2, -0.15) is 14.6 Å². The zero-order chi connectivity index (χ0) is 23.2. The van der Waals surface area contributed by atoms with E-state index in [0.717, 1.165) is 37.4 Å². The Balaban J connectivity index is 1.39. The minimum atomic E-state index is -0.445. The molecule has 3 heterocycles. The molecular formula is C26H25FN6O. The predicted octanol–water partition coefficient (Wildman–Crippen LogP) is 4.40. The number of pyridine rings is 1. The number of rotatable bonds is 5. The van der Waals surface area contributed by atoms with E-state index in [0.29, 0.717) is 23.0 Å². The highest BCUT2D eigenvalue weighted by molar-refractivity contribution is 5.77. The van der Waals surface area contributed by atoms with Crippen LogP contribution in [0.5, 0.6) is 0 Å². The summed E-state index contributed by atoms with van der Waals surface area (Å²) >= 11 is 0. The Labute approximate surface area is 196 Å². The number of nitrogens with zero attached hydrogens (tertiary/aromatic N) is 5. The number of aliphatic hydroxyl groups is 1. The number of benzene rings is 1.